The number of halogens is 2. The van der Waals surface area contributed by atoms with Crippen molar-refractivity contribution in [1.82, 2.24) is 9.55 Å². The van der Waals surface area contributed by atoms with Crippen LogP contribution in [0.2, 0.25) is 0 Å². The molecule has 0 amide bonds. The van der Waals surface area contributed by atoms with E-state index < -0.39 is 0 Å². The van der Waals surface area contributed by atoms with Crippen molar-refractivity contribution in [3.05, 3.63) is 17.7 Å². The fourth-order valence-electron chi connectivity index (χ4n) is 0.608. The van der Waals surface area contributed by atoms with Crippen molar-refractivity contribution in [3.63, 3.8) is 0 Å². The Morgan fingerprint density at radius 1 is 1.45 bits per heavy atom. The first-order valence-electron chi connectivity index (χ1n) is 3.00. The Hall–Kier alpha value is 1.25. The Bertz CT molecular complexity index is 193. The molecule has 0 bridgehead atoms. The zero-order chi connectivity index (χ0) is 8.85. The van der Waals surface area contributed by atoms with Gasteiger partial charge in [-0.25, -0.2) is 4.98 Å². The summed E-state index contributed by atoms with van der Waals surface area (Å²) in [7, 11) is 2.62. The molecule has 1 rings (SSSR count). The van der Waals surface area contributed by atoms with Gasteiger partial charge in [0.1, 0.15) is 0 Å². The minimum atomic E-state index is 0.628. The van der Waals surface area contributed by atoms with E-state index in [1.165, 1.54) is 5.69 Å². The van der Waals surface area contributed by atoms with E-state index in [0.717, 1.165) is 5.69 Å². The molecule has 11 heavy (non-hydrogen) atoms. The van der Waals surface area contributed by atoms with Gasteiger partial charge in [0.15, 0.2) is 0 Å². The third kappa shape index (κ3) is 4.74. The Morgan fingerprint density at radius 2 is 1.91 bits per heavy atom. The van der Waals surface area contributed by atoms with Gasteiger partial charge in [-0.1, -0.05) is 0 Å². The molecule has 2 nitrogen and oxygen atoms in total. The molecule has 0 aliphatic rings. The summed E-state index contributed by atoms with van der Waals surface area (Å²) in [5, 5.41) is 0. The Morgan fingerprint density at radius 3 is 2.00 bits per heavy atom. The average molecular weight is 415 g/mol. The van der Waals surface area contributed by atoms with Crippen LogP contribution in [0, 0.1) is 13.8 Å². The number of hydrogen-bond acceptors (Lipinski definition) is 1. The van der Waals surface area contributed by atoms with E-state index in [1.54, 1.807) is 0 Å². The molecule has 1 heterocycles. The molecule has 0 saturated carbocycles. The molecular weight excluding hydrogens is 405 g/mol. The Labute approximate surface area is 96.4 Å². The summed E-state index contributed by atoms with van der Waals surface area (Å²) in [4.78, 5) is 4.08. The van der Waals surface area contributed by atoms with Gasteiger partial charge in [0.05, 0.1) is 12.0 Å². The van der Waals surface area contributed by atoms with E-state index in [1.807, 2.05) is 24.9 Å². The van der Waals surface area contributed by atoms with Crippen LogP contribution in [0.5, 0.6) is 0 Å². The Balaban J connectivity index is 0.000000292. The van der Waals surface area contributed by atoms with Gasteiger partial charge in [-0.3, -0.25) is 0 Å². The summed E-state index contributed by atoms with van der Waals surface area (Å²) < 4.78 is 2.01. The zero-order valence-corrected chi connectivity index (χ0v) is 12.4. The standard InChI is InChI=1S/C6H10N2.2HI.V/c1-5-6(2)8(3)4-7-5;;;/h4H,1-3H3;2*1H;/q;;;+2/p-2. The van der Waals surface area contributed by atoms with Crippen molar-refractivity contribution >= 4 is 40.0 Å². The second kappa shape index (κ2) is 6.74. The summed E-state index contributed by atoms with van der Waals surface area (Å²) in [5.74, 6) is 0. The van der Waals surface area contributed by atoms with Crippen LogP contribution in [0.15, 0.2) is 6.33 Å². The molecule has 0 aliphatic heterocycles. The number of aryl methyl sites for hydroxylation is 2. The first-order valence-corrected chi connectivity index (χ1v) is 12.0. The van der Waals surface area contributed by atoms with Crippen molar-refractivity contribution < 1.29 is 9.47 Å². The molecule has 0 saturated heterocycles. The van der Waals surface area contributed by atoms with Crippen LogP contribution in [-0.4, -0.2) is 9.55 Å². The van der Waals surface area contributed by atoms with Gasteiger partial charge < -0.3 is 4.57 Å². The van der Waals surface area contributed by atoms with Crippen LogP contribution in [-0.2, 0) is 16.5 Å². The van der Waals surface area contributed by atoms with Gasteiger partial charge in [0.2, 0.25) is 0 Å². The van der Waals surface area contributed by atoms with Crippen molar-refractivity contribution in [2.24, 2.45) is 7.05 Å². The summed E-state index contributed by atoms with van der Waals surface area (Å²) in [6.45, 7) is 4.07. The third-order valence-electron chi connectivity index (χ3n) is 1.48. The van der Waals surface area contributed by atoms with E-state index in [9.17, 15) is 0 Å². The third-order valence-corrected chi connectivity index (χ3v) is 1.48. The van der Waals surface area contributed by atoms with Gasteiger partial charge in [-0.2, -0.15) is 0 Å². The SMILES string of the molecule is Cc1ncn(C)c1C.[I][V][I]. The van der Waals surface area contributed by atoms with Gasteiger partial charge in [-0.05, 0) is 13.8 Å². The van der Waals surface area contributed by atoms with Crippen LogP contribution in [0.1, 0.15) is 11.4 Å². The van der Waals surface area contributed by atoms with Crippen LogP contribution < -0.4 is 0 Å². The first-order chi connectivity index (χ1) is 5.13. The molecule has 0 aliphatic carbocycles. The molecule has 0 unspecified atom stereocenters. The van der Waals surface area contributed by atoms with E-state index in [4.69, 9.17) is 0 Å². The van der Waals surface area contributed by atoms with Gasteiger partial charge in [-0.15, -0.1) is 0 Å². The topological polar surface area (TPSA) is 17.8 Å². The zero-order valence-electron chi connectivity index (χ0n) is 6.67. The van der Waals surface area contributed by atoms with E-state index >= 15 is 0 Å². The fraction of sp³-hybridized carbons (Fsp3) is 0.500. The van der Waals surface area contributed by atoms with Crippen LogP contribution in [0.3, 0.4) is 0 Å². The van der Waals surface area contributed by atoms with Gasteiger partial charge >= 0.3 is 49.4 Å². The van der Waals surface area contributed by atoms with Crippen LogP contribution >= 0.6 is 40.0 Å². The maximum atomic E-state index is 4.08. The van der Waals surface area contributed by atoms with Crippen molar-refractivity contribution in [1.29, 1.82) is 0 Å². The van der Waals surface area contributed by atoms with Crippen LogP contribution in [0.25, 0.3) is 0 Å². The predicted molar refractivity (Wildman–Crippen MR) is 60.7 cm³/mol. The molecule has 1 aromatic heterocycles. The number of rotatable bonds is 0. The molecule has 0 radical (unpaired) electrons. The second-order valence-corrected chi connectivity index (χ2v) is 13.9. The normalized spacial score (nSPS) is 8.45. The first kappa shape index (κ1) is 12.3. The number of hydrogen-bond donors (Lipinski definition) is 0. The quantitative estimate of drug-likeness (QED) is 0.597. The van der Waals surface area contributed by atoms with E-state index in [0.29, 0.717) is 9.47 Å². The average Bonchev–Trinajstić information content (AvgIpc) is 2.22. The molecule has 0 spiro atoms. The number of aromatic nitrogens is 2. The second-order valence-electron chi connectivity index (χ2n) is 2.09. The molecule has 1 aromatic rings. The van der Waals surface area contributed by atoms with Gasteiger partial charge in [0.25, 0.3) is 0 Å². The molecule has 63 valence electrons. The molecule has 0 N–H and O–H groups in total. The van der Waals surface area contributed by atoms with Crippen LogP contribution in [0.4, 0.5) is 0 Å². The molecule has 0 atom stereocenters. The van der Waals surface area contributed by atoms with E-state index in [-0.39, 0.29) is 0 Å². The Kier molecular flexibility index (Phi) is 7.50. The van der Waals surface area contributed by atoms with Crippen molar-refractivity contribution in [2.75, 3.05) is 0 Å². The van der Waals surface area contributed by atoms with Crippen molar-refractivity contribution in [2.45, 2.75) is 13.8 Å². The van der Waals surface area contributed by atoms with E-state index in [2.05, 4.69) is 51.9 Å². The maximum absolute atomic E-state index is 4.08. The predicted octanol–water partition coefficient (Wildman–Crippen LogP) is 2.81. The number of nitrogens with zero attached hydrogens (tertiary/aromatic N) is 2. The summed E-state index contributed by atoms with van der Waals surface area (Å²) >= 11 is 4.74. The van der Waals surface area contributed by atoms with Gasteiger partial charge in [0, 0.05) is 12.7 Å². The molecular formula is C6H10I2N2V. The minimum absolute atomic E-state index is 0.628. The summed E-state index contributed by atoms with van der Waals surface area (Å²) in [5.41, 5.74) is 2.36. The van der Waals surface area contributed by atoms with Crippen molar-refractivity contribution in [3.8, 4) is 0 Å². The number of imidazole rings is 1. The molecule has 5 heteroatoms. The molecule has 0 fully saturated rings. The summed E-state index contributed by atoms with van der Waals surface area (Å²) in [6, 6.07) is 0. The monoisotopic (exact) mass is 415 g/mol. The fourth-order valence-corrected chi connectivity index (χ4v) is 0.608. The summed E-state index contributed by atoms with van der Waals surface area (Å²) in [6.07, 6.45) is 1.82. The molecule has 0 aromatic carbocycles.